The fourth-order valence-corrected chi connectivity index (χ4v) is 3.05. The van der Waals surface area contributed by atoms with Crippen LogP contribution in [0.25, 0.3) is 0 Å². The number of aliphatic imine (C=N–C) groups is 1. The zero-order valence-corrected chi connectivity index (χ0v) is 20.7. The molecule has 1 heterocycles. The van der Waals surface area contributed by atoms with E-state index in [1.807, 2.05) is 18.3 Å². The predicted octanol–water partition coefficient (Wildman–Crippen LogP) is 4.49. The van der Waals surface area contributed by atoms with Crippen molar-refractivity contribution in [2.45, 2.75) is 40.3 Å². The van der Waals surface area contributed by atoms with Gasteiger partial charge in [0.15, 0.2) is 5.96 Å². The number of hydrogen-bond donors (Lipinski definition) is 2. The summed E-state index contributed by atoms with van der Waals surface area (Å²) in [6, 6.07) is 12.4. The van der Waals surface area contributed by atoms with Crippen molar-refractivity contribution < 1.29 is 0 Å². The lowest BCUT2D eigenvalue weighted by Gasteiger charge is -2.20. The molecule has 1 aromatic heterocycles. The van der Waals surface area contributed by atoms with E-state index in [1.54, 1.807) is 0 Å². The average molecular weight is 530 g/mol. The molecule has 0 aliphatic heterocycles. The van der Waals surface area contributed by atoms with Crippen molar-refractivity contribution in [2.24, 2.45) is 4.99 Å². The molecule has 160 valence electrons. The van der Waals surface area contributed by atoms with Crippen molar-refractivity contribution >= 4 is 41.5 Å². The number of benzene rings is 1. The van der Waals surface area contributed by atoms with Crippen LogP contribution in [0.2, 0.25) is 5.15 Å². The van der Waals surface area contributed by atoms with Crippen LogP contribution in [0.3, 0.4) is 0 Å². The molecule has 0 bridgehead atoms. The Morgan fingerprint density at radius 2 is 1.76 bits per heavy atom. The van der Waals surface area contributed by atoms with E-state index in [4.69, 9.17) is 16.6 Å². The van der Waals surface area contributed by atoms with Gasteiger partial charge in [-0.2, -0.15) is 0 Å². The Hall–Kier alpha value is -1.38. The molecule has 0 saturated heterocycles. The van der Waals surface area contributed by atoms with Crippen molar-refractivity contribution in [1.29, 1.82) is 0 Å². The summed E-state index contributed by atoms with van der Waals surface area (Å²) in [6.07, 6.45) is 2.69. The Labute approximate surface area is 197 Å². The first-order chi connectivity index (χ1) is 13.7. The summed E-state index contributed by atoms with van der Waals surface area (Å²) in [6.45, 7) is 11.8. The summed E-state index contributed by atoms with van der Waals surface area (Å²) in [5.74, 6) is 0.835. The first kappa shape index (κ1) is 25.7. The molecule has 0 amide bonds. The number of pyridine rings is 1. The van der Waals surface area contributed by atoms with Crippen LogP contribution in [0.15, 0.2) is 47.6 Å². The van der Waals surface area contributed by atoms with Crippen LogP contribution in [-0.2, 0) is 19.5 Å². The summed E-state index contributed by atoms with van der Waals surface area (Å²) in [5, 5.41) is 7.25. The van der Waals surface area contributed by atoms with Crippen molar-refractivity contribution in [3.63, 3.8) is 0 Å². The third kappa shape index (κ3) is 9.31. The van der Waals surface area contributed by atoms with E-state index in [2.05, 4.69) is 65.6 Å². The van der Waals surface area contributed by atoms with Crippen LogP contribution < -0.4 is 10.6 Å². The quantitative estimate of drug-likeness (QED) is 0.206. The molecule has 0 aliphatic carbocycles. The SMILES string of the molecule is CCNC(=NCc1ccccc1CN(CC)CC)NCCc1ccc(Cl)nc1.I. The summed E-state index contributed by atoms with van der Waals surface area (Å²) >= 11 is 5.84. The predicted molar refractivity (Wildman–Crippen MR) is 134 cm³/mol. The molecule has 0 spiro atoms. The third-order valence-corrected chi connectivity index (χ3v) is 4.88. The highest BCUT2D eigenvalue weighted by Gasteiger charge is 2.06. The molecule has 2 aromatic rings. The Balaban J connectivity index is 0.00000420. The lowest BCUT2D eigenvalue weighted by Crippen LogP contribution is -2.38. The van der Waals surface area contributed by atoms with E-state index in [1.165, 1.54) is 11.1 Å². The van der Waals surface area contributed by atoms with Gasteiger partial charge in [0.1, 0.15) is 5.15 Å². The molecule has 0 radical (unpaired) electrons. The van der Waals surface area contributed by atoms with Gasteiger partial charge in [-0.25, -0.2) is 9.98 Å². The highest BCUT2D eigenvalue weighted by molar-refractivity contribution is 14.0. The molecule has 1 aromatic carbocycles. The van der Waals surface area contributed by atoms with Crippen molar-refractivity contribution in [3.05, 3.63) is 64.4 Å². The molecule has 0 atom stereocenters. The van der Waals surface area contributed by atoms with Crippen molar-refractivity contribution in [2.75, 3.05) is 26.2 Å². The molecule has 0 fully saturated rings. The summed E-state index contributed by atoms with van der Waals surface area (Å²) in [4.78, 5) is 11.3. The zero-order chi connectivity index (χ0) is 20.2. The van der Waals surface area contributed by atoms with Gasteiger partial charge < -0.3 is 10.6 Å². The van der Waals surface area contributed by atoms with E-state index >= 15 is 0 Å². The average Bonchev–Trinajstić information content (AvgIpc) is 2.72. The van der Waals surface area contributed by atoms with E-state index in [-0.39, 0.29) is 24.0 Å². The second kappa shape index (κ2) is 14.6. The fourth-order valence-electron chi connectivity index (χ4n) is 2.94. The molecular formula is C22H33ClIN5. The minimum absolute atomic E-state index is 0. The van der Waals surface area contributed by atoms with Crippen LogP contribution in [0.5, 0.6) is 0 Å². The number of nitrogens with one attached hydrogen (secondary N) is 2. The van der Waals surface area contributed by atoms with Crippen molar-refractivity contribution in [3.8, 4) is 0 Å². The monoisotopic (exact) mass is 529 g/mol. The van der Waals surface area contributed by atoms with E-state index < -0.39 is 0 Å². The molecule has 2 N–H and O–H groups in total. The van der Waals surface area contributed by atoms with Gasteiger partial charge in [-0.3, -0.25) is 4.90 Å². The number of halogens is 2. The Morgan fingerprint density at radius 3 is 2.38 bits per heavy atom. The number of rotatable bonds is 10. The zero-order valence-electron chi connectivity index (χ0n) is 17.6. The smallest absolute Gasteiger partial charge is 0.191 e. The first-order valence-electron chi connectivity index (χ1n) is 10.1. The molecular weight excluding hydrogens is 497 g/mol. The van der Waals surface area contributed by atoms with Crippen LogP contribution in [0.1, 0.15) is 37.5 Å². The second-order valence-electron chi connectivity index (χ2n) is 6.59. The minimum atomic E-state index is 0. The Kier molecular flexibility index (Phi) is 12.9. The lowest BCUT2D eigenvalue weighted by atomic mass is 10.1. The Bertz CT molecular complexity index is 732. The number of aromatic nitrogens is 1. The molecule has 0 unspecified atom stereocenters. The minimum Gasteiger partial charge on any atom is -0.357 e. The van der Waals surface area contributed by atoms with Crippen LogP contribution in [-0.4, -0.2) is 42.0 Å². The largest absolute Gasteiger partial charge is 0.357 e. The maximum Gasteiger partial charge on any atom is 0.191 e. The van der Waals surface area contributed by atoms with Gasteiger partial charge in [0.25, 0.3) is 0 Å². The third-order valence-electron chi connectivity index (χ3n) is 4.65. The maximum atomic E-state index is 5.84. The Morgan fingerprint density at radius 1 is 1.03 bits per heavy atom. The van der Waals surface area contributed by atoms with Gasteiger partial charge in [-0.15, -0.1) is 24.0 Å². The second-order valence-corrected chi connectivity index (χ2v) is 6.98. The number of guanidine groups is 1. The highest BCUT2D eigenvalue weighted by atomic mass is 127. The highest BCUT2D eigenvalue weighted by Crippen LogP contribution is 2.13. The summed E-state index contributed by atoms with van der Waals surface area (Å²) < 4.78 is 0. The fraction of sp³-hybridized carbons (Fsp3) is 0.455. The van der Waals surface area contributed by atoms with E-state index in [0.29, 0.717) is 11.7 Å². The summed E-state index contributed by atoms with van der Waals surface area (Å²) in [7, 11) is 0. The van der Waals surface area contributed by atoms with Crippen molar-refractivity contribution in [1.82, 2.24) is 20.5 Å². The lowest BCUT2D eigenvalue weighted by molar-refractivity contribution is 0.295. The van der Waals surface area contributed by atoms with Crippen LogP contribution in [0, 0.1) is 0 Å². The van der Waals surface area contributed by atoms with Crippen LogP contribution >= 0.6 is 35.6 Å². The maximum absolute atomic E-state index is 5.84. The normalized spacial score (nSPS) is 11.3. The van der Waals surface area contributed by atoms with Gasteiger partial charge in [0, 0.05) is 25.8 Å². The van der Waals surface area contributed by atoms with E-state index in [9.17, 15) is 0 Å². The molecule has 0 saturated carbocycles. The molecule has 5 nitrogen and oxygen atoms in total. The topological polar surface area (TPSA) is 52.6 Å². The van der Waals surface area contributed by atoms with Gasteiger partial charge in [-0.05, 0) is 49.2 Å². The van der Waals surface area contributed by atoms with Gasteiger partial charge in [0.05, 0.1) is 6.54 Å². The van der Waals surface area contributed by atoms with Gasteiger partial charge >= 0.3 is 0 Å². The van der Waals surface area contributed by atoms with Gasteiger partial charge in [-0.1, -0.05) is 55.8 Å². The molecule has 0 aliphatic rings. The standard InChI is InChI=1S/C22H32ClN5.HI/c1-4-24-22(25-14-13-18-11-12-21(23)26-15-18)27-16-19-9-7-8-10-20(19)17-28(5-2)6-3;/h7-12,15H,4-6,13-14,16-17H2,1-3H3,(H2,24,25,27);1H. The summed E-state index contributed by atoms with van der Waals surface area (Å²) in [5.41, 5.74) is 3.77. The number of nitrogens with zero attached hydrogens (tertiary/aromatic N) is 3. The van der Waals surface area contributed by atoms with Gasteiger partial charge in [0.2, 0.25) is 0 Å². The molecule has 29 heavy (non-hydrogen) atoms. The molecule has 2 rings (SSSR count). The van der Waals surface area contributed by atoms with Crippen LogP contribution in [0.4, 0.5) is 0 Å². The van der Waals surface area contributed by atoms with E-state index in [0.717, 1.165) is 50.7 Å². The molecule has 7 heteroatoms. The first-order valence-corrected chi connectivity index (χ1v) is 10.5. The number of hydrogen-bond acceptors (Lipinski definition) is 3.